The van der Waals surface area contributed by atoms with Crippen LogP contribution >= 0.6 is 15.9 Å². The number of halogens is 1. The molecule has 0 unspecified atom stereocenters. The summed E-state index contributed by atoms with van der Waals surface area (Å²) in [6.45, 7) is 6.16. The van der Waals surface area contributed by atoms with E-state index in [4.69, 9.17) is 5.73 Å². The maximum absolute atomic E-state index is 11.9. The zero-order valence-electron chi connectivity index (χ0n) is 9.30. The summed E-state index contributed by atoms with van der Waals surface area (Å²) in [7, 11) is 0. The van der Waals surface area contributed by atoms with E-state index >= 15 is 0 Å². The second-order valence-electron chi connectivity index (χ2n) is 4.90. The van der Waals surface area contributed by atoms with Crippen LogP contribution in [0.25, 0.3) is 0 Å². The Labute approximate surface area is 99.0 Å². The van der Waals surface area contributed by atoms with Crippen molar-refractivity contribution in [3.63, 3.8) is 0 Å². The van der Waals surface area contributed by atoms with E-state index in [-0.39, 0.29) is 11.2 Å². The number of hydrogen-bond acceptors (Lipinski definition) is 2. The highest BCUT2D eigenvalue weighted by molar-refractivity contribution is 9.10. The van der Waals surface area contributed by atoms with Crippen LogP contribution in [0, 0.1) is 5.41 Å². The van der Waals surface area contributed by atoms with Gasteiger partial charge in [0.2, 0.25) is 0 Å². The van der Waals surface area contributed by atoms with Crippen molar-refractivity contribution in [2.24, 2.45) is 5.41 Å². The minimum atomic E-state index is 0.0188. The molecule has 0 spiro atoms. The Morgan fingerprint density at radius 3 is 2.47 bits per heavy atom. The first-order chi connectivity index (χ1) is 6.79. The summed E-state index contributed by atoms with van der Waals surface area (Å²) in [6.07, 6.45) is 0.545. The zero-order chi connectivity index (χ0) is 11.6. The quantitative estimate of drug-likeness (QED) is 0.658. The summed E-state index contributed by atoms with van der Waals surface area (Å²) in [5.74, 6) is 0.156. The number of nitrogens with two attached hydrogens (primary N) is 1. The summed E-state index contributed by atoms with van der Waals surface area (Å²) in [6, 6.07) is 5.30. The van der Waals surface area contributed by atoms with Crippen molar-refractivity contribution in [3.8, 4) is 0 Å². The standard InChI is InChI=1S/C12H16BrNO/c1-12(2,3)7-11(15)8-4-5-10(14)9(13)6-8/h4-6H,7,14H2,1-3H3. The lowest BCUT2D eigenvalue weighted by molar-refractivity contribution is 0.0940. The maximum atomic E-state index is 11.9. The van der Waals surface area contributed by atoms with Gasteiger partial charge >= 0.3 is 0 Å². The number of carbonyl (C=O) groups excluding carboxylic acids is 1. The van der Waals surface area contributed by atoms with Gasteiger partial charge in [0.15, 0.2) is 5.78 Å². The average molecular weight is 270 g/mol. The molecule has 0 heterocycles. The van der Waals surface area contributed by atoms with Gasteiger partial charge in [-0.25, -0.2) is 0 Å². The third kappa shape index (κ3) is 3.67. The van der Waals surface area contributed by atoms with Gasteiger partial charge in [-0.3, -0.25) is 4.79 Å². The number of Topliss-reactive ketones (excluding diaryl/α,β-unsaturated/α-hetero) is 1. The van der Waals surface area contributed by atoms with Gasteiger partial charge in [-0.1, -0.05) is 20.8 Å². The molecule has 1 rings (SSSR count). The molecule has 0 aliphatic rings. The van der Waals surface area contributed by atoms with Crippen molar-refractivity contribution in [1.82, 2.24) is 0 Å². The molecule has 2 nitrogen and oxygen atoms in total. The molecular weight excluding hydrogens is 254 g/mol. The Morgan fingerprint density at radius 2 is 2.00 bits per heavy atom. The Balaban J connectivity index is 2.88. The fourth-order valence-corrected chi connectivity index (χ4v) is 1.66. The van der Waals surface area contributed by atoms with Gasteiger partial charge in [0, 0.05) is 22.1 Å². The maximum Gasteiger partial charge on any atom is 0.163 e. The normalized spacial score (nSPS) is 11.5. The number of hydrogen-bond donors (Lipinski definition) is 1. The van der Waals surface area contributed by atoms with Crippen LogP contribution in [0.2, 0.25) is 0 Å². The van der Waals surface area contributed by atoms with E-state index in [1.807, 2.05) is 0 Å². The highest BCUT2D eigenvalue weighted by atomic mass is 79.9. The van der Waals surface area contributed by atoms with Crippen LogP contribution < -0.4 is 5.73 Å². The summed E-state index contributed by atoms with van der Waals surface area (Å²) in [4.78, 5) is 11.9. The highest BCUT2D eigenvalue weighted by Gasteiger charge is 2.17. The van der Waals surface area contributed by atoms with E-state index in [0.717, 1.165) is 4.47 Å². The number of ketones is 1. The van der Waals surface area contributed by atoms with Crippen molar-refractivity contribution >= 4 is 27.4 Å². The molecule has 0 bridgehead atoms. The van der Waals surface area contributed by atoms with Crippen LogP contribution in [0.15, 0.2) is 22.7 Å². The molecule has 0 fully saturated rings. The molecule has 1 aromatic rings. The molecule has 0 radical (unpaired) electrons. The second kappa shape index (κ2) is 4.35. The van der Waals surface area contributed by atoms with Crippen molar-refractivity contribution in [2.75, 3.05) is 5.73 Å². The molecule has 0 saturated carbocycles. The molecule has 82 valence electrons. The predicted molar refractivity (Wildman–Crippen MR) is 67.0 cm³/mol. The van der Waals surface area contributed by atoms with Crippen molar-refractivity contribution in [2.45, 2.75) is 27.2 Å². The number of nitrogen functional groups attached to an aromatic ring is 1. The van der Waals surface area contributed by atoms with E-state index in [2.05, 4.69) is 36.7 Å². The first-order valence-electron chi connectivity index (χ1n) is 4.88. The number of anilines is 1. The van der Waals surface area contributed by atoms with E-state index in [1.54, 1.807) is 18.2 Å². The molecule has 2 N–H and O–H groups in total. The van der Waals surface area contributed by atoms with Crippen molar-refractivity contribution in [3.05, 3.63) is 28.2 Å². The predicted octanol–water partition coefficient (Wildman–Crippen LogP) is 3.65. The van der Waals surface area contributed by atoms with Crippen LogP contribution in [0.5, 0.6) is 0 Å². The molecule has 1 aromatic carbocycles. The first-order valence-corrected chi connectivity index (χ1v) is 5.67. The van der Waals surface area contributed by atoms with Crippen LogP contribution in [-0.4, -0.2) is 5.78 Å². The molecular formula is C12H16BrNO. The minimum Gasteiger partial charge on any atom is -0.398 e. The van der Waals surface area contributed by atoms with E-state index < -0.39 is 0 Å². The molecule has 0 aliphatic carbocycles. The lowest BCUT2D eigenvalue weighted by atomic mass is 9.88. The van der Waals surface area contributed by atoms with Crippen LogP contribution in [0.3, 0.4) is 0 Å². The monoisotopic (exact) mass is 269 g/mol. The van der Waals surface area contributed by atoms with E-state index in [0.29, 0.717) is 17.7 Å². The second-order valence-corrected chi connectivity index (χ2v) is 5.75. The van der Waals surface area contributed by atoms with Gasteiger partial charge < -0.3 is 5.73 Å². The lowest BCUT2D eigenvalue weighted by Gasteiger charge is -2.16. The fourth-order valence-electron chi connectivity index (χ4n) is 1.28. The highest BCUT2D eigenvalue weighted by Crippen LogP contribution is 2.25. The van der Waals surface area contributed by atoms with Gasteiger partial charge in [0.1, 0.15) is 0 Å². The topological polar surface area (TPSA) is 43.1 Å². The molecule has 0 saturated heterocycles. The molecule has 0 atom stereocenters. The van der Waals surface area contributed by atoms with Crippen LogP contribution in [0.4, 0.5) is 5.69 Å². The van der Waals surface area contributed by atoms with Gasteiger partial charge in [-0.2, -0.15) is 0 Å². The Morgan fingerprint density at radius 1 is 1.40 bits per heavy atom. The molecule has 15 heavy (non-hydrogen) atoms. The Kier molecular flexibility index (Phi) is 3.55. The average Bonchev–Trinajstić information content (AvgIpc) is 2.06. The Bertz CT molecular complexity index is 380. The lowest BCUT2D eigenvalue weighted by Crippen LogP contribution is -2.13. The summed E-state index contributed by atoms with van der Waals surface area (Å²) < 4.78 is 0.780. The van der Waals surface area contributed by atoms with Crippen LogP contribution in [-0.2, 0) is 0 Å². The van der Waals surface area contributed by atoms with Gasteiger partial charge in [0.05, 0.1) is 0 Å². The smallest absolute Gasteiger partial charge is 0.163 e. The van der Waals surface area contributed by atoms with Gasteiger partial charge in [-0.15, -0.1) is 0 Å². The minimum absolute atomic E-state index is 0.0188. The summed E-state index contributed by atoms with van der Waals surface area (Å²) >= 11 is 3.32. The summed E-state index contributed by atoms with van der Waals surface area (Å²) in [5.41, 5.74) is 7.05. The van der Waals surface area contributed by atoms with Crippen molar-refractivity contribution in [1.29, 1.82) is 0 Å². The largest absolute Gasteiger partial charge is 0.398 e. The number of carbonyl (C=O) groups is 1. The van der Waals surface area contributed by atoms with Crippen molar-refractivity contribution < 1.29 is 4.79 Å². The van der Waals surface area contributed by atoms with Gasteiger partial charge in [0.25, 0.3) is 0 Å². The molecule has 0 aromatic heterocycles. The fraction of sp³-hybridized carbons (Fsp3) is 0.417. The first kappa shape index (κ1) is 12.2. The Hall–Kier alpha value is -0.830. The SMILES string of the molecule is CC(C)(C)CC(=O)c1ccc(N)c(Br)c1. The van der Waals surface area contributed by atoms with Crippen LogP contribution in [0.1, 0.15) is 37.6 Å². The molecule has 3 heteroatoms. The van der Waals surface area contributed by atoms with Gasteiger partial charge in [-0.05, 0) is 39.5 Å². The number of benzene rings is 1. The third-order valence-corrected chi connectivity index (χ3v) is 2.70. The van der Waals surface area contributed by atoms with E-state index in [9.17, 15) is 4.79 Å². The number of rotatable bonds is 2. The molecule has 0 aliphatic heterocycles. The molecule has 0 amide bonds. The third-order valence-electron chi connectivity index (χ3n) is 2.01. The zero-order valence-corrected chi connectivity index (χ0v) is 10.9. The van der Waals surface area contributed by atoms with E-state index in [1.165, 1.54) is 0 Å². The summed E-state index contributed by atoms with van der Waals surface area (Å²) in [5, 5.41) is 0.